The van der Waals surface area contributed by atoms with Crippen LogP contribution < -0.4 is 5.73 Å². The van der Waals surface area contributed by atoms with Crippen molar-refractivity contribution in [2.75, 3.05) is 5.73 Å². The minimum absolute atomic E-state index is 0.227. The lowest BCUT2D eigenvalue weighted by Crippen LogP contribution is -1.88. The Morgan fingerprint density at radius 3 is 2.50 bits per heavy atom. The molecule has 3 N–H and O–H groups in total. The lowest BCUT2D eigenvalue weighted by atomic mass is 10.1. The van der Waals surface area contributed by atoms with Gasteiger partial charge in [-0.1, -0.05) is 12.1 Å². The van der Waals surface area contributed by atoms with Crippen molar-refractivity contribution < 1.29 is 5.11 Å². The van der Waals surface area contributed by atoms with Gasteiger partial charge in [0.15, 0.2) is 0 Å². The number of para-hydroxylation sites is 1. The third-order valence-electron chi connectivity index (χ3n) is 1.97. The maximum absolute atomic E-state index is 9.56. The molecule has 0 saturated carbocycles. The van der Waals surface area contributed by atoms with Crippen LogP contribution in [0.3, 0.4) is 0 Å². The number of hydrogen-bond donors (Lipinski definition) is 2. The molecule has 2 aromatic rings. The predicted octanol–water partition coefficient (Wildman–Crippen LogP) is 2.04. The molecule has 0 aliphatic rings. The highest BCUT2D eigenvalue weighted by atomic mass is 16.3. The molecular weight excluding hydrogens is 176 g/mol. The molecule has 0 fully saturated rings. The summed E-state index contributed by atoms with van der Waals surface area (Å²) in [6.45, 7) is 0. The van der Waals surface area contributed by atoms with E-state index >= 15 is 0 Å². The van der Waals surface area contributed by atoms with Crippen molar-refractivity contribution in [3.8, 4) is 17.0 Å². The number of phenols is 1. The molecule has 1 aromatic carbocycles. The van der Waals surface area contributed by atoms with Gasteiger partial charge in [-0.25, -0.2) is 0 Å². The number of pyridine rings is 1. The van der Waals surface area contributed by atoms with Gasteiger partial charge in [-0.2, -0.15) is 0 Å². The number of hydrogen-bond acceptors (Lipinski definition) is 3. The molecule has 1 aromatic heterocycles. The van der Waals surface area contributed by atoms with Crippen molar-refractivity contribution >= 4 is 5.69 Å². The Bertz CT molecular complexity index is 437. The molecule has 3 heteroatoms. The van der Waals surface area contributed by atoms with Gasteiger partial charge in [0.1, 0.15) is 5.75 Å². The van der Waals surface area contributed by atoms with E-state index in [4.69, 9.17) is 5.73 Å². The molecule has 0 aliphatic heterocycles. The van der Waals surface area contributed by atoms with Crippen LogP contribution in [-0.2, 0) is 0 Å². The van der Waals surface area contributed by atoms with Crippen LogP contribution >= 0.6 is 0 Å². The normalized spacial score (nSPS) is 10.0. The molecule has 3 nitrogen and oxygen atoms in total. The number of nitrogens with two attached hydrogens (primary N) is 1. The summed E-state index contributed by atoms with van der Waals surface area (Å²) in [7, 11) is 0. The third kappa shape index (κ3) is 1.52. The number of anilines is 1. The molecule has 14 heavy (non-hydrogen) atoms. The molecule has 2 rings (SSSR count). The minimum Gasteiger partial charge on any atom is -0.507 e. The molecule has 0 aliphatic carbocycles. The van der Waals surface area contributed by atoms with Crippen LogP contribution in [0.15, 0.2) is 42.6 Å². The van der Waals surface area contributed by atoms with Crippen LogP contribution in [-0.4, -0.2) is 10.1 Å². The standard InChI is InChI=1S/C11H10N2O/c12-8-5-6-10(13-7-8)9-3-1-2-4-11(9)14/h1-7,14H,12H2. The van der Waals surface area contributed by atoms with Gasteiger partial charge < -0.3 is 10.8 Å². The highest BCUT2D eigenvalue weighted by Crippen LogP contribution is 2.26. The Morgan fingerprint density at radius 1 is 1.07 bits per heavy atom. The number of rotatable bonds is 1. The van der Waals surface area contributed by atoms with Gasteiger partial charge in [-0.3, -0.25) is 4.98 Å². The first-order valence-corrected chi connectivity index (χ1v) is 4.27. The average Bonchev–Trinajstić information content (AvgIpc) is 2.20. The van der Waals surface area contributed by atoms with Gasteiger partial charge in [0.05, 0.1) is 17.6 Å². The van der Waals surface area contributed by atoms with Crippen molar-refractivity contribution in [3.63, 3.8) is 0 Å². The largest absolute Gasteiger partial charge is 0.507 e. The van der Waals surface area contributed by atoms with Crippen LogP contribution in [0.25, 0.3) is 11.3 Å². The Morgan fingerprint density at radius 2 is 1.86 bits per heavy atom. The quantitative estimate of drug-likeness (QED) is 0.716. The lowest BCUT2D eigenvalue weighted by Gasteiger charge is -2.03. The van der Waals surface area contributed by atoms with E-state index in [-0.39, 0.29) is 5.75 Å². The maximum atomic E-state index is 9.56. The summed E-state index contributed by atoms with van der Waals surface area (Å²) in [6, 6.07) is 10.6. The van der Waals surface area contributed by atoms with Crippen LogP contribution in [0.4, 0.5) is 5.69 Å². The first-order valence-electron chi connectivity index (χ1n) is 4.27. The first kappa shape index (κ1) is 8.56. The van der Waals surface area contributed by atoms with Gasteiger partial charge in [-0.15, -0.1) is 0 Å². The van der Waals surface area contributed by atoms with Crippen LogP contribution in [0, 0.1) is 0 Å². The summed E-state index contributed by atoms with van der Waals surface area (Å²) < 4.78 is 0. The molecule has 0 spiro atoms. The van der Waals surface area contributed by atoms with Crippen molar-refractivity contribution in [2.24, 2.45) is 0 Å². The fourth-order valence-electron chi connectivity index (χ4n) is 1.25. The molecule has 70 valence electrons. The van der Waals surface area contributed by atoms with E-state index in [1.54, 1.807) is 30.5 Å². The highest BCUT2D eigenvalue weighted by Gasteiger charge is 2.03. The van der Waals surface area contributed by atoms with Gasteiger partial charge in [0.2, 0.25) is 0 Å². The Kier molecular flexibility index (Phi) is 2.07. The Labute approximate surface area is 81.8 Å². The number of phenolic OH excluding ortho intramolecular Hbond substituents is 1. The van der Waals surface area contributed by atoms with E-state index in [2.05, 4.69) is 4.98 Å². The van der Waals surface area contributed by atoms with Gasteiger partial charge in [0.25, 0.3) is 0 Å². The van der Waals surface area contributed by atoms with Gasteiger partial charge in [-0.05, 0) is 24.3 Å². The molecule has 0 bridgehead atoms. The van der Waals surface area contributed by atoms with Crippen molar-refractivity contribution in [2.45, 2.75) is 0 Å². The van der Waals surface area contributed by atoms with E-state index < -0.39 is 0 Å². The van der Waals surface area contributed by atoms with Crippen molar-refractivity contribution in [3.05, 3.63) is 42.6 Å². The highest BCUT2D eigenvalue weighted by molar-refractivity contribution is 5.67. The van der Waals surface area contributed by atoms with E-state index in [1.165, 1.54) is 0 Å². The molecule has 1 heterocycles. The summed E-state index contributed by atoms with van der Waals surface area (Å²) in [4.78, 5) is 4.12. The number of benzene rings is 1. The van der Waals surface area contributed by atoms with E-state index in [0.717, 1.165) is 5.69 Å². The number of aromatic nitrogens is 1. The SMILES string of the molecule is Nc1ccc(-c2ccccc2O)nc1. The summed E-state index contributed by atoms with van der Waals surface area (Å²) >= 11 is 0. The van der Waals surface area contributed by atoms with E-state index in [9.17, 15) is 5.11 Å². The molecule has 0 saturated heterocycles. The summed E-state index contributed by atoms with van der Waals surface area (Å²) in [5.41, 5.74) is 7.57. The van der Waals surface area contributed by atoms with Gasteiger partial charge in [0, 0.05) is 5.56 Å². The molecule has 0 atom stereocenters. The monoisotopic (exact) mass is 186 g/mol. The zero-order valence-corrected chi connectivity index (χ0v) is 7.51. The van der Waals surface area contributed by atoms with Crippen molar-refractivity contribution in [1.29, 1.82) is 0 Å². The zero-order valence-electron chi connectivity index (χ0n) is 7.51. The molecular formula is C11H10N2O. The zero-order chi connectivity index (χ0) is 9.97. The molecule has 0 unspecified atom stereocenters. The number of nitrogen functional groups attached to an aromatic ring is 1. The fourth-order valence-corrected chi connectivity index (χ4v) is 1.25. The Balaban J connectivity index is 2.50. The predicted molar refractivity (Wildman–Crippen MR) is 55.8 cm³/mol. The van der Waals surface area contributed by atoms with Gasteiger partial charge >= 0.3 is 0 Å². The first-order chi connectivity index (χ1) is 6.77. The van der Waals surface area contributed by atoms with Crippen molar-refractivity contribution in [1.82, 2.24) is 4.98 Å². The Hall–Kier alpha value is -2.03. The molecule has 0 amide bonds. The maximum Gasteiger partial charge on any atom is 0.124 e. The number of aromatic hydroxyl groups is 1. The fraction of sp³-hybridized carbons (Fsp3) is 0. The van der Waals surface area contributed by atoms with E-state index in [0.29, 0.717) is 11.3 Å². The second-order valence-electron chi connectivity index (χ2n) is 2.99. The summed E-state index contributed by atoms with van der Waals surface area (Å²) in [6.07, 6.45) is 1.57. The van der Waals surface area contributed by atoms with Crippen LogP contribution in [0.2, 0.25) is 0 Å². The topological polar surface area (TPSA) is 59.1 Å². The number of nitrogens with zero attached hydrogens (tertiary/aromatic N) is 1. The third-order valence-corrected chi connectivity index (χ3v) is 1.97. The lowest BCUT2D eigenvalue weighted by molar-refractivity contribution is 0.477. The average molecular weight is 186 g/mol. The summed E-state index contributed by atoms with van der Waals surface area (Å²) in [5, 5.41) is 9.56. The second kappa shape index (κ2) is 3.38. The smallest absolute Gasteiger partial charge is 0.124 e. The van der Waals surface area contributed by atoms with Crippen LogP contribution in [0.1, 0.15) is 0 Å². The molecule has 0 radical (unpaired) electrons. The van der Waals surface area contributed by atoms with Crippen LogP contribution in [0.5, 0.6) is 5.75 Å². The second-order valence-corrected chi connectivity index (χ2v) is 2.99. The van der Waals surface area contributed by atoms with E-state index in [1.807, 2.05) is 12.1 Å². The summed E-state index contributed by atoms with van der Waals surface area (Å²) in [5.74, 6) is 0.227. The minimum atomic E-state index is 0.227.